The quantitative estimate of drug-likeness (QED) is 0.659. The summed E-state index contributed by atoms with van der Waals surface area (Å²) in [5.74, 6) is 0.132. The SMILES string of the molecule is CC(=O)N(CCCOC(C)C)C(C)(C)C. The third-order valence-corrected chi connectivity index (χ3v) is 2.17. The average molecular weight is 215 g/mol. The van der Waals surface area contributed by atoms with Gasteiger partial charge in [-0.3, -0.25) is 4.79 Å². The van der Waals surface area contributed by atoms with Gasteiger partial charge < -0.3 is 9.64 Å². The molecular formula is C12H25NO2. The number of carbonyl (C=O) groups is 1. The van der Waals surface area contributed by atoms with Crippen LogP contribution in [-0.4, -0.2) is 35.6 Å². The summed E-state index contributed by atoms with van der Waals surface area (Å²) in [6.07, 6.45) is 1.17. The minimum absolute atomic E-state index is 0.0936. The van der Waals surface area contributed by atoms with Crippen LogP contribution in [0.2, 0.25) is 0 Å². The fourth-order valence-electron chi connectivity index (χ4n) is 1.51. The van der Waals surface area contributed by atoms with Crippen molar-refractivity contribution in [3.05, 3.63) is 0 Å². The van der Waals surface area contributed by atoms with Crippen LogP contribution >= 0.6 is 0 Å². The molecule has 0 unspecified atom stereocenters. The Balaban J connectivity index is 3.94. The molecule has 0 bridgehead atoms. The van der Waals surface area contributed by atoms with Gasteiger partial charge in [-0.2, -0.15) is 0 Å². The maximum Gasteiger partial charge on any atom is 0.219 e. The van der Waals surface area contributed by atoms with Crippen LogP contribution in [0.3, 0.4) is 0 Å². The average Bonchev–Trinajstić information content (AvgIpc) is 1.99. The standard InChI is InChI=1S/C12H25NO2/c1-10(2)15-9-7-8-13(11(3)14)12(4,5)6/h10H,7-9H2,1-6H3. The zero-order valence-electron chi connectivity index (χ0n) is 11.0. The highest BCUT2D eigenvalue weighted by Crippen LogP contribution is 2.13. The first-order valence-electron chi connectivity index (χ1n) is 5.65. The van der Waals surface area contributed by atoms with Gasteiger partial charge in [-0.05, 0) is 41.0 Å². The van der Waals surface area contributed by atoms with E-state index in [1.165, 1.54) is 0 Å². The van der Waals surface area contributed by atoms with Crippen molar-refractivity contribution in [1.29, 1.82) is 0 Å². The van der Waals surface area contributed by atoms with E-state index in [0.29, 0.717) is 0 Å². The Morgan fingerprint density at radius 1 is 1.33 bits per heavy atom. The Labute approximate surface area is 93.8 Å². The van der Waals surface area contributed by atoms with Crippen molar-refractivity contribution >= 4 is 5.91 Å². The minimum atomic E-state index is -0.0936. The lowest BCUT2D eigenvalue weighted by atomic mass is 10.1. The lowest BCUT2D eigenvalue weighted by Crippen LogP contribution is -2.45. The summed E-state index contributed by atoms with van der Waals surface area (Å²) >= 11 is 0. The molecule has 0 saturated heterocycles. The molecule has 0 heterocycles. The van der Waals surface area contributed by atoms with E-state index in [1.54, 1.807) is 6.92 Å². The Morgan fingerprint density at radius 3 is 2.20 bits per heavy atom. The van der Waals surface area contributed by atoms with Gasteiger partial charge in [-0.1, -0.05) is 0 Å². The molecular weight excluding hydrogens is 190 g/mol. The van der Waals surface area contributed by atoms with E-state index in [0.717, 1.165) is 19.6 Å². The second-order valence-electron chi connectivity index (χ2n) is 5.11. The van der Waals surface area contributed by atoms with Crippen LogP contribution in [-0.2, 0) is 9.53 Å². The van der Waals surface area contributed by atoms with E-state index < -0.39 is 0 Å². The largest absolute Gasteiger partial charge is 0.379 e. The van der Waals surface area contributed by atoms with Gasteiger partial charge in [0.2, 0.25) is 5.91 Å². The van der Waals surface area contributed by atoms with Crippen LogP contribution < -0.4 is 0 Å². The molecule has 0 radical (unpaired) electrons. The van der Waals surface area contributed by atoms with Crippen molar-refractivity contribution in [3.8, 4) is 0 Å². The van der Waals surface area contributed by atoms with Crippen molar-refractivity contribution in [2.24, 2.45) is 0 Å². The van der Waals surface area contributed by atoms with Gasteiger partial charge in [-0.25, -0.2) is 0 Å². The van der Waals surface area contributed by atoms with Gasteiger partial charge in [0.1, 0.15) is 0 Å². The summed E-state index contributed by atoms with van der Waals surface area (Å²) in [6.45, 7) is 13.3. The molecule has 15 heavy (non-hydrogen) atoms. The van der Waals surface area contributed by atoms with Crippen LogP contribution in [0.25, 0.3) is 0 Å². The van der Waals surface area contributed by atoms with Crippen molar-refractivity contribution in [2.75, 3.05) is 13.2 Å². The van der Waals surface area contributed by atoms with Crippen LogP contribution in [0, 0.1) is 0 Å². The summed E-state index contributed by atoms with van der Waals surface area (Å²) < 4.78 is 5.45. The number of ether oxygens (including phenoxy) is 1. The second-order valence-corrected chi connectivity index (χ2v) is 5.11. The van der Waals surface area contributed by atoms with Crippen LogP contribution in [0.5, 0.6) is 0 Å². The normalized spacial score (nSPS) is 11.9. The minimum Gasteiger partial charge on any atom is -0.379 e. The second kappa shape index (κ2) is 6.11. The summed E-state index contributed by atoms with van der Waals surface area (Å²) in [7, 11) is 0. The zero-order chi connectivity index (χ0) is 12.1. The maximum absolute atomic E-state index is 11.4. The summed E-state index contributed by atoms with van der Waals surface area (Å²) in [6, 6.07) is 0. The van der Waals surface area contributed by atoms with Crippen molar-refractivity contribution in [1.82, 2.24) is 4.90 Å². The van der Waals surface area contributed by atoms with Crippen molar-refractivity contribution in [2.45, 2.75) is 59.6 Å². The van der Waals surface area contributed by atoms with E-state index in [4.69, 9.17) is 4.74 Å². The molecule has 0 aromatic carbocycles. The molecule has 0 aliphatic rings. The van der Waals surface area contributed by atoms with E-state index >= 15 is 0 Å². The molecule has 3 nitrogen and oxygen atoms in total. The monoisotopic (exact) mass is 215 g/mol. The number of hydrogen-bond donors (Lipinski definition) is 0. The Bertz CT molecular complexity index is 194. The summed E-state index contributed by atoms with van der Waals surface area (Å²) in [5.41, 5.74) is -0.0936. The highest BCUT2D eigenvalue weighted by atomic mass is 16.5. The number of amides is 1. The topological polar surface area (TPSA) is 29.5 Å². The molecule has 0 rings (SSSR count). The van der Waals surface area contributed by atoms with Crippen LogP contribution in [0.15, 0.2) is 0 Å². The predicted octanol–water partition coefficient (Wildman–Crippen LogP) is 2.45. The zero-order valence-corrected chi connectivity index (χ0v) is 11.0. The predicted molar refractivity (Wildman–Crippen MR) is 62.8 cm³/mol. The molecule has 90 valence electrons. The smallest absolute Gasteiger partial charge is 0.219 e. The number of nitrogens with zero attached hydrogens (tertiary/aromatic N) is 1. The molecule has 0 aromatic rings. The third kappa shape index (κ3) is 6.50. The van der Waals surface area contributed by atoms with Crippen LogP contribution in [0.1, 0.15) is 48.0 Å². The van der Waals surface area contributed by atoms with E-state index in [1.807, 2.05) is 18.7 Å². The highest BCUT2D eigenvalue weighted by Gasteiger charge is 2.22. The first-order chi connectivity index (χ1) is 6.75. The van der Waals surface area contributed by atoms with E-state index in [9.17, 15) is 4.79 Å². The number of hydrogen-bond acceptors (Lipinski definition) is 2. The van der Waals surface area contributed by atoms with E-state index in [2.05, 4.69) is 20.8 Å². The Hall–Kier alpha value is -0.570. The lowest BCUT2D eigenvalue weighted by Gasteiger charge is -2.35. The van der Waals surface area contributed by atoms with Gasteiger partial charge in [0.15, 0.2) is 0 Å². The fourth-order valence-corrected chi connectivity index (χ4v) is 1.51. The van der Waals surface area contributed by atoms with Gasteiger partial charge in [0.05, 0.1) is 6.10 Å². The molecule has 0 saturated carbocycles. The Morgan fingerprint density at radius 2 is 1.87 bits per heavy atom. The number of rotatable bonds is 5. The molecule has 0 fully saturated rings. The van der Waals surface area contributed by atoms with Crippen molar-refractivity contribution < 1.29 is 9.53 Å². The summed E-state index contributed by atoms with van der Waals surface area (Å²) in [5, 5.41) is 0. The van der Waals surface area contributed by atoms with Gasteiger partial charge in [0, 0.05) is 25.6 Å². The number of carbonyl (C=O) groups excluding carboxylic acids is 1. The molecule has 0 aliphatic carbocycles. The molecule has 0 aromatic heterocycles. The molecule has 0 spiro atoms. The van der Waals surface area contributed by atoms with Gasteiger partial charge in [-0.15, -0.1) is 0 Å². The first-order valence-corrected chi connectivity index (χ1v) is 5.65. The molecule has 0 atom stereocenters. The van der Waals surface area contributed by atoms with Gasteiger partial charge >= 0.3 is 0 Å². The molecule has 3 heteroatoms. The lowest BCUT2D eigenvalue weighted by molar-refractivity contribution is -0.133. The Kier molecular flexibility index (Phi) is 5.88. The van der Waals surface area contributed by atoms with Crippen molar-refractivity contribution in [3.63, 3.8) is 0 Å². The van der Waals surface area contributed by atoms with Crippen LogP contribution in [0.4, 0.5) is 0 Å². The third-order valence-electron chi connectivity index (χ3n) is 2.17. The molecule has 0 aliphatic heterocycles. The fraction of sp³-hybridized carbons (Fsp3) is 0.917. The molecule has 0 N–H and O–H groups in total. The van der Waals surface area contributed by atoms with E-state index in [-0.39, 0.29) is 17.6 Å². The maximum atomic E-state index is 11.4. The first kappa shape index (κ1) is 14.4. The molecule has 1 amide bonds. The summed E-state index contributed by atoms with van der Waals surface area (Å²) in [4.78, 5) is 13.3. The highest BCUT2D eigenvalue weighted by molar-refractivity contribution is 5.74. The van der Waals surface area contributed by atoms with Gasteiger partial charge in [0.25, 0.3) is 0 Å².